The lowest BCUT2D eigenvalue weighted by atomic mass is 9.96. The highest BCUT2D eigenvalue weighted by Crippen LogP contribution is 2.27. The van der Waals surface area contributed by atoms with Crippen LogP contribution in [-0.2, 0) is 9.53 Å². The lowest BCUT2D eigenvalue weighted by molar-refractivity contribution is -0.136. The molecular formula is C19H20FNO2. The average Bonchev–Trinajstić information content (AvgIpc) is 2.62. The van der Waals surface area contributed by atoms with Gasteiger partial charge in [0, 0.05) is 18.7 Å². The van der Waals surface area contributed by atoms with Crippen LogP contribution in [0.15, 0.2) is 48.5 Å². The van der Waals surface area contributed by atoms with Crippen LogP contribution in [0, 0.1) is 5.82 Å². The van der Waals surface area contributed by atoms with Crippen molar-refractivity contribution < 1.29 is 13.9 Å². The maximum atomic E-state index is 14.5. The van der Waals surface area contributed by atoms with Gasteiger partial charge in [0.15, 0.2) is 0 Å². The third-order valence-electron chi connectivity index (χ3n) is 4.27. The van der Waals surface area contributed by atoms with E-state index < -0.39 is 0 Å². The molecule has 4 heteroatoms. The molecule has 1 atom stereocenters. The van der Waals surface area contributed by atoms with Crippen LogP contribution < -0.4 is 0 Å². The van der Waals surface area contributed by atoms with E-state index in [1.165, 1.54) is 6.07 Å². The summed E-state index contributed by atoms with van der Waals surface area (Å²) in [4.78, 5) is 14.3. The third kappa shape index (κ3) is 3.42. The van der Waals surface area contributed by atoms with E-state index in [2.05, 4.69) is 0 Å². The highest BCUT2D eigenvalue weighted by atomic mass is 19.1. The molecule has 1 aliphatic rings. The van der Waals surface area contributed by atoms with Crippen LogP contribution in [0.25, 0.3) is 11.1 Å². The van der Waals surface area contributed by atoms with E-state index in [4.69, 9.17) is 4.74 Å². The first-order valence-electron chi connectivity index (χ1n) is 7.88. The molecule has 2 aromatic carbocycles. The topological polar surface area (TPSA) is 29.5 Å². The second-order valence-electron chi connectivity index (χ2n) is 5.76. The van der Waals surface area contributed by atoms with E-state index in [1.54, 1.807) is 11.0 Å². The van der Waals surface area contributed by atoms with Crippen LogP contribution in [-0.4, -0.2) is 37.1 Å². The molecule has 23 heavy (non-hydrogen) atoms. The average molecular weight is 313 g/mol. The molecule has 3 nitrogen and oxygen atoms in total. The number of benzene rings is 2. The predicted molar refractivity (Wildman–Crippen MR) is 87.7 cm³/mol. The molecule has 1 heterocycles. The van der Waals surface area contributed by atoms with Crippen molar-refractivity contribution in [2.24, 2.45) is 0 Å². The largest absolute Gasteiger partial charge is 0.378 e. The van der Waals surface area contributed by atoms with Gasteiger partial charge in [-0.2, -0.15) is 0 Å². The monoisotopic (exact) mass is 313 g/mol. The minimum atomic E-state index is -0.354. The van der Waals surface area contributed by atoms with Gasteiger partial charge in [-0.3, -0.25) is 4.79 Å². The van der Waals surface area contributed by atoms with E-state index in [0.29, 0.717) is 37.4 Å². The SMILES string of the molecule is C[C@@H](C(=O)N1CCOCC1)c1ccc(-c2ccccc2)c(F)c1. The van der Waals surface area contributed by atoms with E-state index in [9.17, 15) is 9.18 Å². The van der Waals surface area contributed by atoms with Gasteiger partial charge < -0.3 is 9.64 Å². The number of halogens is 1. The van der Waals surface area contributed by atoms with Crippen molar-refractivity contribution in [3.63, 3.8) is 0 Å². The molecule has 1 saturated heterocycles. The molecule has 0 unspecified atom stereocenters. The van der Waals surface area contributed by atoms with Gasteiger partial charge in [0.25, 0.3) is 0 Å². The lowest BCUT2D eigenvalue weighted by Crippen LogP contribution is -2.42. The Balaban J connectivity index is 1.80. The molecule has 0 radical (unpaired) electrons. The summed E-state index contributed by atoms with van der Waals surface area (Å²) >= 11 is 0. The van der Waals surface area contributed by atoms with Gasteiger partial charge in [-0.25, -0.2) is 4.39 Å². The highest BCUT2D eigenvalue weighted by molar-refractivity contribution is 5.83. The number of rotatable bonds is 3. The fraction of sp³-hybridized carbons (Fsp3) is 0.316. The van der Waals surface area contributed by atoms with Crippen molar-refractivity contribution in [3.05, 3.63) is 59.9 Å². The first-order chi connectivity index (χ1) is 11.2. The fourth-order valence-electron chi connectivity index (χ4n) is 2.85. The zero-order valence-electron chi connectivity index (χ0n) is 13.2. The normalized spacial score (nSPS) is 16.2. The van der Waals surface area contributed by atoms with Crippen LogP contribution in [0.3, 0.4) is 0 Å². The number of hydrogen-bond donors (Lipinski definition) is 0. The van der Waals surface area contributed by atoms with E-state index in [1.807, 2.05) is 43.3 Å². The van der Waals surface area contributed by atoms with E-state index in [-0.39, 0.29) is 17.6 Å². The Hall–Kier alpha value is -2.20. The van der Waals surface area contributed by atoms with Crippen LogP contribution in [0.2, 0.25) is 0 Å². The predicted octanol–water partition coefficient (Wildman–Crippen LogP) is 3.46. The molecule has 0 aliphatic carbocycles. The molecule has 3 rings (SSSR count). The number of morpholine rings is 1. The summed E-state index contributed by atoms with van der Waals surface area (Å²) in [5.41, 5.74) is 2.10. The van der Waals surface area contributed by atoms with Crippen LogP contribution in [0.1, 0.15) is 18.4 Å². The molecule has 0 aromatic heterocycles. The summed E-state index contributed by atoms with van der Waals surface area (Å²) in [6.07, 6.45) is 0. The molecule has 1 aliphatic heterocycles. The summed E-state index contributed by atoms with van der Waals surface area (Å²) in [6, 6.07) is 14.5. The number of hydrogen-bond acceptors (Lipinski definition) is 2. The van der Waals surface area contributed by atoms with Gasteiger partial charge in [0.05, 0.1) is 19.1 Å². The molecule has 1 amide bonds. The zero-order chi connectivity index (χ0) is 16.2. The molecule has 2 aromatic rings. The molecular weight excluding hydrogens is 293 g/mol. The number of nitrogens with zero attached hydrogens (tertiary/aromatic N) is 1. The summed E-state index contributed by atoms with van der Waals surface area (Å²) in [5.74, 6) is -0.622. The molecule has 0 N–H and O–H groups in total. The smallest absolute Gasteiger partial charge is 0.229 e. The quantitative estimate of drug-likeness (QED) is 0.868. The maximum Gasteiger partial charge on any atom is 0.229 e. The first kappa shape index (κ1) is 15.7. The zero-order valence-corrected chi connectivity index (χ0v) is 13.2. The Morgan fingerprint density at radius 3 is 2.48 bits per heavy atom. The maximum absolute atomic E-state index is 14.5. The second-order valence-corrected chi connectivity index (χ2v) is 5.76. The minimum absolute atomic E-state index is 0.0279. The number of ether oxygens (including phenoxy) is 1. The van der Waals surface area contributed by atoms with Crippen molar-refractivity contribution in [3.8, 4) is 11.1 Å². The fourth-order valence-corrected chi connectivity index (χ4v) is 2.85. The minimum Gasteiger partial charge on any atom is -0.378 e. The van der Waals surface area contributed by atoms with Crippen molar-refractivity contribution in [1.29, 1.82) is 0 Å². The van der Waals surface area contributed by atoms with E-state index >= 15 is 0 Å². The summed E-state index contributed by atoms with van der Waals surface area (Å²) in [7, 11) is 0. The summed E-state index contributed by atoms with van der Waals surface area (Å²) in [5, 5.41) is 0. The van der Waals surface area contributed by atoms with E-state index in [0.717, 1.165) is 5.56 Å². The van der Waals surface area contributed by atoms with Gasteiger partial charge >= 0.3 is 0 Å². The van der Waals surface area contributed by atoms with Crippen LogP contribution >= 0.6 is 0 Å². The summed E-state index contributed by atoms with van der Waals surface area (Å²) < 4.78 is 19.7. The molecule has 1 fully saturated rings. The van der Waals surface area contributed by atoms with Gasteiger partial charge in [0.2, 0.25) is 5.91 Å². The molecule has 120 valence electrons. The highest BCUT2D eigenvalue weighted by Gasteiger charge is 2.24. The van der Waals surface area contributed by atoms with Gasteiger partial charge in [-0.1, -0.05) is 42.5 Å². The first-order valence-corrected chi connectivity index (χ1v) is 7.88. The van der Waals surface area contributed by atoms with Crippen LogP contribution in [0.4, 0.5) is 4.39 Å². The third-order valence-corrected chi connectivity index (χ3v) is 4.27. The van der Waals surface area contributed by atoms with Gasteiger partial charge in [-0.15, -0.1) is 0 Å². The van der Waals surface area contributed by atoms with Crippen molar-refractivity contribution >= 4 is 5.91 Å². The van der Waals surface area contributed by atoms with Gasteiger partial charge in [-0.05, 0) is 24.1 Å². The Morgan fingerprint density at radius 2 is 1.83 bits per heavy atom. The Kier molecular flexibility index (Phi) is 4.72. The molecule has 0 saturated carbocycles. The van der Waals surface area contributed by atoms with Crippen molar-refractivity contribution in [1.82, 2.24) is 4.90 Å². The number of carbonyl (C=O) groups excluding carboxylic acids is 1. The molecule has 0 spiro atoms. The standard InChI is InChI=1S/C19H20FNO2/c1-14(19(22)21-9-11-23-12-10-21)16-7-8-17(18(20)13-16)15-5-3-2-4-6-15/h2-8,13-14H,9-12H2,1H3/t14-/m1/s1. The van der Waals surface area contributed by atoms with Crippen molar-refractivity contribution in [2.45, 2.75) is 12.8 Å². The molecule has 0 bridgehead atoms. The van der Waals surface area contributed by atoms with Crippen molar-refractivity contribution in [2.75, 3.05) is 26.3 Å². The second kappa shape index (κ2) is 6.92. The number of amides is 1. The van der Waals surface area contributed by atoms with Gasteiger partial charge in [0.1, 0.15) is 5.82 Å². The Bertz CT molecular complexity index is 681. The number of carbonyl (C=O) groups is 1. The Labute approximate surface area is 135 Å². The summed E-state index contributed by atoms with van der Waals surface area (Å²) in [6.45, 7) is 4.18. The Morgan fingerprint density at radius 1 is 1.13 bits per heavy atom. The lowest BCUT2D eigenvalue weighted by Gasteiger charge is -2.29. The van der Waals surface area contributed by atoms with Crippen LogP contribution in [0.5, 0.6) is 0 Å².